The standard InChI is InChI=1S/C23H25ClF3N3O/c1-15-12-16(19-13-17(23(25,26)27)4-5-20(19)24)14-28-21(15)22(31)30-10-6-18(7-11-30)29-8-2-3-9-29/h4-5,12-14,18H,2-3,6-11H2,1H3. The first-order chi connectivity index (χ1) is 14.7. The average Bonchev–Trinajstić information content (AvgIpc) is 3.28. The molecule has 2 fully saturated rings. The molecule has 0 radical (unpaired) electrons. The molecule has 2 aromatic rings. The highest BCUT2D eigenvalue weighted by Gasteiger charge is 2.32. The van der Waals surface area contributed by atoms with Crippen molar-refractivity contribution in [1.29, 1.82) is 0 Å². The molecule has 31 heavy (non-hydrogen) atoms. The number of carbonyl (C=O) groups is 1. The number of pyridine rings is 1. The van der Waals surface area contributed by atoms with Crippen molar-refractivity contribution >= 4 is 17.5 Å². The van der Waals surface area contributed by atoms with Crippen LogP contribution in [0, 0.1) is 6.92 Å². The highest BCUT2D eigenvalue weighted by Crippen LogP contribution is 2.36. The predicted octanol–water partition coefficient (Wildman–Crippen LogP) is 5.43. The monoisotopic (exact) mass is 451 g/mol. The number of aromatic nitrogens is 1. The van der Waals surface area contributed by atoms with Crippen molar-refractivity contribution < 1.29 is 18.0 Å². The van der Waals surface area contributed by atoms with E-state index in [0.717, 1.165) is 38.1 Å². The van der Waals surface area contributed by atoms with Crippen LogP contribution in [0.2, 0.25) is 5.02 Å². The quantitative estimate of drug-likeness (QED) is 0.624. The molecule has 0 N–H and O–H groups in total. The van der Waals surface area contributed by atoms with Gasteiger partial charge >= 0.3 is 6.18 Å². The summed E-state index contributed by atoms with van der Waals surface area (Å²) < 4.78 is 39.3. The summed E-state index contributed by atoms with van der Waals surface area (Å²) in [5.41, 5.74) is 0.894. The second-order valence-electron chi connectivity index (χ2n) is 8.35. The molecule has 8 heteroatoms. The Labute approximate surface area is 185 Å². The normalized spacial score (nSPS) is 18.5. The maximum atomic E-state index is 13.1. The Balaban J connectivity index is 1.50. The van der Waals surface area contributed by atoms with Crippen LogP contribution in [-0.2, 0) is 6.18 Å². The van der Waals surface area contributed by atoms with E-state index in [4.69, 9.17) is 11.6 Å². The molecule has 1 aromatic heterocycles. The Morgan fingerprint density at radius 3 is 2.39 bits per heavy atom. The van der Waals surface area contributed by atoms with Gasteiger partial charge in [0.25, 0.3) is 5.91 Å². The second kappa shape index (κ2) is 8.79. The van der Waals surface area contributed by atoms with Gasteiger partial charge in [0.1, 0.15) is 5.69 Å². The first-order valence-corrected chi connectivity index (χ1v) is 11.0. The zero-order valence-corrected chi connectivity index (χ0v) is 18.1. The Morgan fingerprint density at radius 1 is 1.10 bits per heavy atom. The number of piperidine rings is 1. The molecule has 0 atom stereocenters. The maximum Gasteiger partial charge on any atom is 0.416 e. The number of likely N-dealkylation sites (tertiary alicyclic amines) is 2. The molecular weight excluding hydrogens is 427 g/mol. The van der Waals surface area contributed by atoms with Crippen molar-refractivity contribution in [1.82, 2.24) is 14.8 Å². The molecule has 0 aliphatic carbocycles. The number of nitrogens with zero attached hydrogens (tertiary/aromatic N) is 3. The number of carbonyl (C=O) groups excluding carboxylic acids is 1. The van der Waals surface area contributed by atoms with Crippen LogP contribution < -0.4 is 0 Å². The van der Waals surface area contributed by atoms with Gasteiger partial charge < -0.3 is 9.80 Å². The van der Waals surface area contributed by atoms with E-state index in [2.05, 4.69) is 9.88 Å². The molecule has 166 valence electrons. The maximum absolute atomic E-state index is 13.1. The number of halogens is 4. The van der Waals surface area contributed by atoms with Gasteiger partial charge in [0.15, 0.2) is 0 Å². The zero-order chi connectivity index (χ0) is 22.2. The Morgan fingerprint density at radius 2 is 1.77 bits per heavy atom. The molecule has 0 spiro atoms. The van der Waals surface area contributed by atoms with E-state index in [1.165, 1.54) is 25.1 Å². The summed E-state index contributed by atoms with van der Waals surface area (Å²) >= 11 is 6.15. The van der Waals surface area contributed by atoms with Crippen molar-refractivity contribution in [3.05, 3.63) is 52.3 Å². The molecule has 0 unspecified atom stereocenters. The van der Waals surface area contributed by atoms with Crippen LogP contribution in [0.25, 0.3) is 11.1 Å². The number of hydrogen-bond acceptors (Lipinski definition) is 3. The van der Waals surface area contributed by atoms with E-state index in [-0.39, 0.29) is 16.5 Å². The minimum Gasteiger partial charge on any atom is -0.337 e. The van der Waals surface area contributed by atoms with Crippen molar-refractivity contribution in [2.75, 3.05) is 26.2 Å². The van der Waals surface area contributed by atoms with Gasteiger partial charge in [-0.1, -0.05) is 11.6 Å². The Bertz CT molecular complexity index is 965. The third-order valence-electron chi connectivity index (χ3n) is 6.29. The number of hydrogen-bond donors (Lipinski definition) is 0. The fourth-order valence-corrected chi connectivity index (χ4v) is 4.79. The number of alkyl halides is 3. The molecule has 2 aliphatic rings. The van der Waals surface area contributed by atoms with E-state index in [0.29, 0.717) is 36.0 Å². The van der Waals surface area contributed by atoms with Crippen LogP contribution in [0.4, 0.5) is 13.2 Å². The molecule has 0 saturated carbocycles. The highest BCUT2D eigenvalue weighted by atomic mass is 35.5. The molecule has 1 amide bonds. The summed E-state index contributed by atoms with van der Waals surface area (Å²) in [6, 6.07) is 5.43. The van der Waals surface area contributed by atoms with Crippen LogP contribution in [-0.4, -0.2) is 52.9 Å². The largest absolute Gasteiger partial charge is 0.416 e. The van der Waals surface area contributed by atoms with E-state index in [9.17, 15) is 18.0 Å². The van der Waals surface area contributed by atoms with Crippen molar-refractivity contribution in [3.63, 3.8) is 0 Å². The van der Waals surface area contributed by atoms with E-state index >= 15 is 0 Å². The van der Waals surface area contributed by atoms with Gasteiger partial charge in [-0.25, -0.2) is 0 Å². The highest BCUT2D eigenvalue weighted by molar-refractivity contribution is 6.33. The Kier molecular flexibility index (Phi) is 6.26. The van der Waals surface area contributed by atoms with E-state index in [1.54, 1.807) is 13.0 Å². The van der Waals surface area contributed by atoms with Gasteiger partial charge in [-0.3, -0.25) is 9.78 Å². The number of amides is 1. The van der Waals surface area contributed by atoms with Gasteiger partial charge in [-0.05, 0) is 75.5 Å². The first-order valence-electron chi connectivity index (χ1n) is 10.6. The second-order valence-corrected chi connectivity index (χ2v) is 8.76. The average molecular weight is 452 g/mol. The summed E-state index contributed by atoms with van der Waals surface area (Å²) in [5, 5.41) is 0.206. The van der Waals surface area contributed by atoms with Gasteiger partial charge in [0.2, 0.25) is 0 Å². The third-order valence-corrected chi connectivity index (χ3v) is 6.62. The topological polar surface area (TPSA) is 36.4 Å². The van der Waals surface area contributed by atoms with E-state index in [1.807, 2.05) is 4.90 Å². The van der Waals surface area contributed by atoms with Gasteiger partial charge in [-0.2, -0.15) is 13.2 Å². The van der Waals surface area contributed by atoms with Crippen LogP contribution in [0.5, 0.6) is 0 Å². The smallest absolute Gasteiger partial charge is 0.337 e. The number of rotatable bonds is 3. The van der Waals surface area contributed by atoms with Crippen molar-refractivity contribution in [2.45, 2.75) is 44.8 Å². The van der Waals surface area contributed by atoms with Crippen LogP contribution >= 0.6 is 11.6 Å². The molecule has 1 aromatic carbocycles. The molecule has 4 nitrogen and oxygen atoms in total. The fourth-order valence-electron chi connectivity index (χ4n) is 4.56. The van der Waals surface area contributed by atoms with Gasteiger partial charge in [0.05, 0.1) is 5.56 Å². The lowest BCUT2D eigenvalue weighted by atomic mass is 10.0. The number of benzene rings is 1. The van der Waals surface area contributed by atoms with Gasteiger partial charge in [-0.15, -0.1) is 0 Å². The predicted molar refractivity (Wildman–Crippen MR) is 114 cm³/mol. The zero-order valence-electron chi connectivity index (χ0n) is 17.4. The van der Waals surface area contributed by atoms with Crippen LogP contribution in [0.3, 0.4) is 0 Å². The van der Waals surface area contributed by atoms with Crippen molar-refractivity contribution in [3.8, 4) is 11.1 Å². The SMILES string of the molecule is Cc1cc(-c2cc(C(F)(F)F)ccc2Cl)cnc1C(=O)N1CCC(N2CCCC2)CC1. The molecule has 4 rings (SSSR count). The summed E-state index contributed by atoms with van der Waals surface area (Å²) in [4.78, 5) is 21.7. The minimum absolute atomic E-state index is 0.126. The summed E-state index contributed by atoms with van der Waals surface area (Å²) in [7, 11) is 0. The molecule has 3 heterocycles. The van der Waals surface area contributed by atoms with Gasteiger partial charge in [0, 0.05) is 41.5 Å². The fraction of sp³-hybridized carbons (Fsp3) is 0.478. The van der Waals surface area contributed by atoms with E-state index < -0.39 is 11.7 Å². The molecular formula is C23H25ClF3N3O. The lowest BCUT2D eigenvalue weighted by molar-refractivity contribution is -0.137. The molecule has 2 saturated heterocycles. The van der Waals surface area contributed by atoms with Crippen molar-refractivity contribution in [2.24, 2.45) is 0 Å². The van der Waals surface area contributed by atoms with Crippen LogP contribution in [0.15, 0.2) is 30.5 Å². The summed E-state index contributed by atoms with van der Waals surface area (Å²) in [6.07, 6.45) is 1.40. The Hall–Kier alpha value is -2.12. The number of aryl methyl sites for hydroxylation is 1. The van der Waals surface area contributed by atoms with Crippen LogP contribution in [0.1, 0.15) is 47.3 Å². The molecule has 0 bridgehead atoms. The molecule has 2 aliphatic heterocycles. The summed E-state index contributed by atoms with van der Waals surface area (Å²) in [5.74, 6) is -0.126. The first kappa shape index (κ1) is 22.1. The summed E-state index contributed by atoms with van der Waals surface area (Å²) in [6.45, 7) is 5.45. The lowest BCUT2D eigenvalue weighted by Gasteiger charge is -2.36. The minimum atomic E-state index is -4.46. The lowest BCUT2D eigenvalue weighted by Crippen LogP contribution is -2.46. The third kappa shape index (κ3) is 4.72.